The number of aromatic amines is 1. The number of fused-ring (bicyclic) bond motifs is 1. The number of rotatable bonds is 7. The highest BCUT2D eigenvalue weighted by Crippen LogP contribution is 2.44. The zero-order chi connectivity index (χ0) is 27.1. The molecule has 38 heavy (non-hydrogen) atoms. The van der Waals surface area contributed by atoms with E-state index in [-0.39, 0.29) is 12.4 Å². The van der Waals surface area contributed by atoms with Crippen LogP contribution in [-0.4, -0.2) is 48.5 Å². The first-order valence-electron chi connectivity index (χ1n) is 12.5. The summed E-state index contributed by atoms with van der Waals surface area (Å²) >= 11 is 0. The first kappa shape index (κ1) is 26.3. The number of nitrogens with one attached hydrogen (secondary N) is 4. The van der Waals surface area contributed by atoms with Crippen LogP contribution < -0.4 is 16.0 Å². The third kappa shape index (κ3) is 4.91. The number of piperidine rings is 1. The number of anilines is 2. The Labute approximate surface area is 220 Å². The van der Waals surface area contributed by atoms with E-state index >= 15 is 0 Å². The third-order valence-electron chi connectivity index (χ3n) is 7.21. The van der Waals surface area contributed by atoms with Crippen molar-refractivity contribution in [1.29, 1.82) is 0 Å². The van der Waals surface area contributed by atoms with Crippen molar-refractivity contribution < 1.29 is 22.0 Å². The largest absolute Gasteiger partial charge is 0.384 e. The monoisotopic (exact) mass is 544 g/mol. The first-order valence-corrected chi connectivity index (χ1v) is 13.9. The Morgan fingerprint density at radius 2 is 1.92 bits per heavy atom. The summed E-state index contributed by atoms with van der Waals surface area (Å²) in [6, 6.07) is 9.37. The van der Waals surface area contributed by atoms with Crippen molar-refractivity contribution in [2.75, 3.05) is 30.3 Å². The summed E-state index contributed by atoms with van der Waals surface area (Å²) in [6.07, 6.45) is 2.24. The van der Waals surface area contributed by atoms with Crippen LogP contribution in [0.15, 0.2) is 47.4 Å². The average molecular weight is 545 g/mol. The number of aromatic nitrogens is 2. The lowest BCUT2D eigenvalue weighted by atomic mass is 9.99. The highest BCUT2D eigenvalue weighted by molar-refractivity contribution is 7.89. The molecular formula is C26H30F2N6O3S. The molecule has 2 aliphatic rings. The zero-order valence-corrected chi connectivity index (χ0v) is 22.0. The van der Waals surface area contributed by atoms with Gasteiger partial charge in [0.2, 0.25) is 10.0 Å². The van der Waals surface area contributed by atoms with Gasteiger partial charge in [-0.1, -0.05) is 12.1 Å². The number of nitrogens with zero attached hydrogens (tertiary/aromatic N) is 2. The number of halogens is 2. The second kappa shape index (κ2) is 10.1. The molecule has 0 radical (unpaired) electrons. The number of benzene rings is 2. The summed E-state index contributed by atoms with van der Waals surface area (Å²) in [5.74, 6) is -1.69. The van der Waals surface area contributed by atoms with Crippen molar-refractivity contribution in [3.63, 3.8) is 0 Å². The second-order valence-electron chi connectivity index (χ2n) is 10.2. The molecule has 1 amide bonds. The van der Waals surface area contributed by atoms with Gasteiger partial charge in [-0.3, -0.25) is 9.89 Å². The molecule has 4 N–H and O–H groups in total. The van der Waals surface area contributed by atoms with E-state index < -0.39 is 38.0 Å². The SMILES string of the molecule is CC1(C)c2[nH]nc(NC(=O)c3ccccc3NCC3CCCNC3)c2CN1S(=O)(=O)c1cc(F)cc(F)c1. The minimum absolute atomic E-state index is 0.135. The number of para-hydroxylation sites is 1. The van der Waals surface area contributed by atoms with Crippen LogP contribution in [0.5, 0.6) is 0 Å². The minimum atomic E-state index is -4.27. The summed E-state index contributed by atoms with van der Waals surface area (Å²) in [5.41, 5.74) is 0.998. The third-order valence-corrected chi connectivity index (χ3v) is 9.21. The van der Waals surface area contributed by atoms with Crippen molar-refractivity contribution >= 4 is 27.4 Å². The summed E-state index contributed by atoms with van der Waals surface area (Å²) in [6.45, 7) is 5.88. The van der Waals surface area contributed by atoms with Gasteiger partial charge in [-0.25, -0.2) is 17.2 Å². The van der Waals surface area contributed by atoms with Gasteiger partial charge in [0.05, 0.1) is 21.7 Å². The number of H-pyrrole nitrogens is 1. The predicted octanol–water partition coefficient (Wildman–Crippen LogP) is 3.79. The normalized spacial score (nSPS) is 19.2. The standard InChI is InChI=1S/C26H30F2N6O3S/c1-26(2)23-21(15-34(26)38(36,37)19-11-17(27)10-18(28)12-19)24(33-32-23)31-25(35)20-7-3-4-8-22(20)30-14-16-6-5-9-29-13-16/h3-4,7-8,10-12,16,29-30H,5-6,9,13-15H2,1-2H3,(H2,31,32,33,35). The molecule has 5 rings (SSSR count). The lowest BCUT2D eigenvalue weighted by Crippen LogP contribution is -2.40. The maximum Gasteiger partial charge on any atom is 0.258 e. The Hall–Kier alpha value is -3.35. The van der Waals surface area contributed by atoms with Gasteiger partial charge in [-0.15, -0.1) is 0 Å². The molecule has 2 aliphatic heterocycles. The molecule has 3 aromatic rings. The van der Waals surface area contributed by atoms with Crippen LogP contribution in [0.1, 0.15) is 48.3 Å². The van der Waals surface area contributed by atoms with Gasteiger partial charge in [0.1, 0.15) is 11.6 Å². The highest BCUT2D eigenvalue weighted by Gasteiger charge is 2.48. The van der Waals surface area contributed by atoms with Gasteiger partial charge in [-0.05, 0) is 70.0 Å². The van der Waals surface area contributed by atoms with Crippen molar-refractivity contribution in [1.82, 2.24) is 19.8 Å². The smallest absolute Gasteiger partial charge is 0.258 e. The topological polar surface area (TPSA) is 119 Å². The molecule has 1 saturated heterocycles. The van der Waals surface area contributed by atoms with Gasteiger partial charge in [0.15, 0.2) is 5.82 Å². The van der Waals surface area contributed by atoms with E-state index in [2.05, 4.69) is 26.1 Å². The summed E-state index contributed by atoms with van der Waals surface area (Å²) in [7, 11) is -4.27. The molecule has 1 atom stereocenters. The molecule has 202 valence electrons. The van der Waals surface area contributed by atoms with Crippen LogP contribution in [0.2, 0.25) is 0 Å². The van der Waals surface area contributed by atoms with E-state index in [1.807, 2.05) is 12.1 Å². The molecule has 2 aromatic carbocycles. The maximum atomic E-state index is 13.8. The Kier molecular flexibility index (Phi) is 6.97. The van der Waals surface area contributed by atoms with E-state index in [0.717, 1.165) is 48.9 Å². The number of carbonyl (C=O) groups excluding carboxylic acids is 1. The Bertz CT molecular complexity index is 1450. The first-order chi connectivity index (χ1) is 18.1. The molecule has 0 spiro atoms. The van der Waals surface area contributed by atoms with Gasteiger partial charge >= 0.3 is 0 Å². The van der Waals surface area contributed by atoms with Gasteiger partial charge in [-0.2, -0.15) is 9.40 Å². The van der Waals surface area contributed by atoms with E-state index in [9.17, 15) is 22.0 Å². The minimum Gasteiger partial charge on any atom is -0.384 e. The molecule has 0 bridgehead atoms. The van der Waals surface area contributed by atoms with Crippen LogP contribution in [-0.2, 0) is 22.1 Å². The molecule has 3 heterocycles. The molecular weight excluding hydrogens is 514 g/mol. The Morgan fingerprint density at radius 3 is 2.63 bits per heavy atom. The number of amides is 1. The van der Waals surface area contributed by atoms with E-state index in [4.69, 9.17) is 0 Å². The zero-order valence-electron chi connectivity index (χ0n) is 21.1. The molecule has 1 aromatic heterocycles. The molecule has 0 aliphatic carbocycles. The van der Waals surface area contributed by atoms with E-state index in [1.165, 1.54) is 0 Å². The van der Waals surface area contributed by atoms with Gasteiger partial charge in [0, 0.05) is 30.4 Å². The van der Waals surface area contributed by atoms with E-state index in [1.54, 1.807) is 26.0 Å². The lowest BCUT2D eigenvalue weighted by Gasteiger charge is -2.30. The number of carbonyl (C=O) groups is 1. The fraction of sp³-hybridized carbons (Fsp3) is 0.385. The molecule has 1 unspecified atom stereocenters. The average Bonchev–Trinajstić information content (AvgIpc) is 3.41. The van der Waals surface area contributed by atoms with Crippen LogP contribution in [0.3, 0.4) is 0 Å². The highest BCUT2D eigenvalue weighted by atomic mass is 32.2. The molecule has 0 saturated carbocycles. The van der Waals surface area contributed by atoms with Gasteiger partial charge < -0.3 is 16.0 Å². The van der Waals surface area contributed by atoms with Crippen LogP contribution in [0.4, 0.5) is 20.3 Å². The van der Waals surface area contributed by atoms with E-state index in [0.29, 0.717) is 34.5 Å². The number of hydrogen-bond donors (Lipinski definition) is 4. The molecule has 12 heteroatoms. The van der Waals surface area contributed by atoms with Crippen LogP contribution in [0, 0.1) is 17.6 Å². The van der Waals surface area contributed by atoms with Gasteiger partial charge in [0.25, 0.3) is 5.91 Å². The number of hydrogen-bond acceptors (Lipinski definition) is 6. The van der Waals surface area contributed by atoms with Crippen molar-refractivity contribution in [3.05, 3.63) is 70.9 Å². The lowest BCUT2D eigenvalue weighted by molar-refractivity contribution is 0.102. The summed E-state index contributed by atoms with van der Waals surface area (Å²) in [5, 5.41) is 16.7. The van der Waals surface area contributed by atoms with Crippen molar-refractivity contribution in [2.24, 2.45) is 5.92 Å². The quantitative estimate of drug-likeness (QED) is 0.359. The van der Waals surface area contributed by atoms with Crippen molar-refractivity contribution in [3.8, 4) is 0 Å². The number of sulfonamides is 1. The second-order valence-corrected chi connectivity index (χ2v) is 12.1. The van der Waals surface area contributed by atoms with Crippen LogP contribution >= 0.6 is 0 Å². The van der Waals surface area contributed by atoms with Crippen molar-refractivity contribution in [2.45, 2.75) is 43.7 Å². The molecule has 9 nitrogen and oxygen atoms in total. The molecule has 1 fully saturated rings. The Balaban J connectivity index is 1.36. The maximum absolute atomic E-state index is 13.8. The summed E-state index contributed by atoms with van der Waals surface area (Å²) in [4.78, 5) is 12.8. The fourth-order valence-electron chi connectivity index (χ4n) is 5.15. The Morgan fingerprint density at radius 1 is 1.18 bits per heavy atom. The summed E-state index contributed by atoms with van der Waals surface area (Å²) < 4.78 is 55.5. The predicted molar refractivity (Wildman–Crippen MR) is 139 cm³/mol. The fourth-order valence-corrected chi connectivity index (χ4v) is 6.92. The van der Waals surface area contributed by atoms with Crippen LogP contribution in [0.25, 0.3) is 0 Å².